The number of rotatable bonds is 5. The van der Waals surface area contributed by atoms with Crippen LogP contribution in [0.15, 0.2) is 30.3 Å². The molecule has 28 heavy (non-hydrogen) atoms. The number of fused-ring (bicyclic) bond motifs is 1. The maximum Gasteiger partial charge on any atom is 0.303 e. The average molecular weight is 411 g/mol. The van der Waals surface area contributed by atoms with Gasteiger partial charge in [0, 0.05) is 26.9 Å². The topological polar surface area (TPSA) is 99.2 Å². The summed E-state index contributed by atoms with van der Waals surface area (Å²) in [4.78, 5) is 25.3. The monoisotopic (exact) mass is 411 g/mol. The van der Waals surface area contributed by atoms with Gasteiger partial charge in [0.15, 0.2) is 9.84 Å². The Hall–Kier alpha value is -1.97. The van der Waals surface area contributed by atoms with Crippen molar-refractivity contribution in [3.63, 3.8) is 0 Å². The quantitative estimate of drug-likeness (QED) is 0.648. The van der Waals surface area contributed by atoms with Gasteiger partial charge in [-0.2, -0.15) is 0 Å². The highest BCUT2D eigenvalue weighted by molar-refractivity contribution is 7.91. The number of esters is 2. The lowest BCUT2D eigenvalue weighted by molar-refractivity contribution is -0.201. The summed E-state index contributed by atoms with van der Waals surface area (Å²) in [6.45, 7) is 3.43. The van der Waals surface area contributed by atoms with Crippen molar-refractivity contribution >= 4 is 21.8 Å². The predicted octanol–water partition coefficient (Wildman–Crippen LogP) is 0.548. The number of hydrogen-bond donors (Lipinski definition) is 0. The van der Waals surface area contributed by atoms with Crippen molar-refractivity contribution < 1.29 is 32.2 Å². The molecule has 0 unspecified atom stereocenters. The molecule has 2 fully saturated rings. The Morgan fingerprint density at radius 1 is 1.07 bits per heavy atom. The molecule has 0 N–H and O–H groups in total. The molecule has 8 nitrogen and oxygen atoms in total. The van der Waals surface area contributed by atoms with Crippen molar-refractivity contribution in [2.75, 3.05) is 24.6 Å². The highest BCUT2D eigenvalue weighted by Crippen LogP contribution is 2.30. The Morgan fingerprint density at radius 3 is 2.39 bits per heavy atom. The van der Waals surface area contributed by atoms with Crippen LogP contribution in [-0.4, -0.2) is 74.2 Å². The van der Waals surface area contributed by atoms with Gasteiger partial charge in [-0.25, -0.2) is 8.42 Å². The molecule has 154 valence electrons. The SMILES string of the molecule is CC(=O)O[C@H]1[C@H](OCc2ccccc2)[C@@H](OC(C)=O)CN2CCS(=O)(=O)C[C@@H]12. The van der Waals surface area contributed by atoms with Gasteiger partial charge >= 0.3 is 11.9 Å². The Morgan fingerprint density at radius 2 is 1.75 bits per heavy atom. The molecule has 0 aliphatic carbocycles. The second-order valence-electron chi connectivity index (χ2n) is 7.16. The third kappa shape index (κ3) is 5.09. The summed E-state index contributed by atoms with van der Waals surface area (Å²) in [5, 5.41) is 0. The summed E-state index contributed by atoms with van der Waals surface area (Å²) < 4.78 is 41.4. The molecule has 0 radical (unpaired) electrons. The van der Waals surface area contributed by atoms with Crippen molar-refractivity contribution in [3.8, 4) is 0 Å². The minimum absolute atomic E-state index is 0.0264. The van der Waals surface area contributed by atoms with Crippen molar-refractivity contribution in [2.24, 2.45) is 0 Å². The fourth-order valence-corrected chi connectivity index (χ4v) is 5.39. The molecule has 2 heterocycles. The van der Waals surface area contributed by atoms with Gasteiger partial charge < -0.3 is 14.2 Å². The standard InChI is InChI=1S/C19H25NO7S/c1-13(21)26-17-10-20-8-9-28(23,24)12-16(20)18(27-14(2)22)19(17)25-11-15-6-4-3-5-7-15/h3-7,16-19H,8-12H2,1-2H3/t16-,17-,18+,19+/m0/s1. The number of carbonyl (C=O) groups excluding carboxylic acids is 2. The summed E-state index contributed by atoms with van der Waals surface area (Å²) in [7, 11) is -3.25. The molecule has 4 atom stereocenters. The van der Waals surface area contributed by atoms with Crippen LogP contribution >= 0.6 is 0 Å². The number of hydrogen-bond acceptors (Lipinski definition) is 8. The molecule has 1 aromatic carbocycles. The molecular formula is C19H25NO7S. The fraction of sp³-hybridized carbons (Fsp3) is 0.579. The van der Waals surface area contributed by atoms with E-state index in [1.165, 1.54) is 13.8 Å². The van der Waals surface area contributed by atoms with Gasteiger partial charge in [0.05, 0.1) is 24.2 Å². The molecule has 0 spiro atoms. The summed E-state index contributed by atoms with van der Waals surface area (Å²) in [6, 6.07) is 8.89. The molecule has 2 saturated heterocycles. The van der Waals surface area contributed by atoms with E-state index >= 15 is 0 Å². The second kappa shape index (κ2) is 8.59. The Bertz CT molecular complexity index is 811. The molecule has 9 heteroatoms. The normalized spacial score (nSPS) is 29.5. The van der Waals surface area contributed by atoms with Gasteiger partial charge in [-0.05, 0) is 5.56 Å². The molecule has 0 amide bonds. The molecular weight excluding hydrogens is 386 g/mol. The third-order valence-corrected chi connectivity index (χ3v) is 6.63. The van der Waals surface area contributed by atoms with E-state index in [1.807, 2.05) is 35.2 Å². The number of carbonyl (C=O) groups is 2. The van der Waals surface area contributed by atoms with Gasteiger partial charge in [-0.15, -0.1) is 0 Å². The minimum atomic E-state index is -3.25. The van der Waals surface area contributed by atoms with Crippen LogP contribution < -0.4 is 0 Å². The summed E-state index contributed by atoms with van der Waals surface area (Å²) in [5.41, 5.74) is 0.907. The molecule has 0 bridgehead atoms. The summed E-state index contributed by atoms with van der Waals surface area (Å²) in [5.74, 6) is -1.10. The van der Waals surface area contributed by atoms with E-state index in [0.717, 1.165) is 5.56 Å². The van der Waals surface area contributed by atoms with Crippen LogP contribution in [0.25, 0.3) is 0 Å². The van der Waals surface area contributed by atoms with E-state index in [0.29, 0.717) is 13.1 Å². The Balaban J connectivity index is 1.88. The van der Waals surface area contributed by atoms with Crippen LogP contribution in [0.3, 0.4) is 0 Å². The summed E-state index contributed by atoms with van der Waals surface area (Å²) in [6.07, 6.45) is -2.28. The smallest absolute Gasteiger partial charge is 0.303 e. The van der Waals surface area contributed by atoms with E-state index in [1.54, 1.807) is 0 Å². The van der Waals surface area contributed by atoms with Crippen molar-refractivity contribution in [1.82, 2.24) is 4.90 Å². The molecule has 1 aromatic rings. The zero-order valence-corrected chi connectivity index (χ0v) is 16.8. The average Bonchev–Trinajstić information content (AvgIpc) is 2.61. The van der Waals surface area contributed by atoms with E-state index in [-0.39, 0.29) is 18.1 Å². The van der Waals surface area contributed by atoms with E-state index < -0.39 is 46.1 Å². The molecule has 0 aromatic heterocycles. The molecule has 2 aliphatic heterocycles. The predicted molar refractivity (Wildman–Crippen MR) is 100 cm³/mol. The molecule has 3 rings (SSSR count). The highest BCUT2D eigenvalue weighted by Gasteiger charge is 2.51. The lowest BCUT2D eigenvalue weighted by Crippen LogP contribution is -2.67. The lowest BCUT2D eigenvalue weighted by Gasteiger charge is -2.49. The fourth-order valence-electron chi connectivity index (χ4n) is 3.79. The van der Waals surface area contributed by atoms with E-state index in [9.17, 15) is 18.0 Å². The van der Waals surface area contributed by atoms with Gasteiger partial charge in [0.1, 0.15) is 18.3 Å². The zero-order chi connectivity index (χ0) is 20.3. The molecule has 2 aliphatic rings. The first-order chi connectivity index (χ1) is 13.2. The van der Waals surface area contributed by atoms with Crippen LogP contribution in [0.1, 0.15) is 19.4 Å². The van der Waals surface area contributed by atoms with Gasteiger partial charge in [-0.1, -0.05) is 30.3 Å². The second-order valence-corrected chi connectivity index (χ2v) is 9.39. The van der Waals surface area contributed by atoms with Crippen molar-refractivity contribution in [1.29, 1.82) is 0 Å². The first-order valence-corrected chi connectivity index (χ1v) is 11.0. The third-order valence-electron chi connectivity index (χ3n) is 4.97. The van der Waals surface area contributed by atoms with Crippen LogP contribution in [0.2, 0.25) is 0 Å². The van der Waals surface area contributed by atoms with E-state index in [2.05, 4.69) is 0 Å². The van der Waals surface area contributed by atoms with Crippen LogP contribution in [-0.2, 0) is 40.2 Å². The van der Waals surface area contributed by atoms with Crippen molar-refractivity contribution in [3.05, 3.63) is 35.9 Å². The van der Waals surface area contributed by atoms with Gasteiger partial charge in [-0.3, -0.25) is 14.5 Å². The van der Waals surface area contributed by atoms with E-state index in [4.69, 9.17) is 14.2 Å². The van der Waals surface area contributed by atoms with Gasteiger partial charge in [0.25, 0.3) is 0 Å². The number of benzene rings is 1. The number of nitrogens with zero attached hydrogens (tertiary/aromatic N) is 1. The van der Waals surface area contributed by atoms with Crippen molar-refractivity contribution in [2.45, 2.75) is 44.8 Å². The molecule has 0 saturated carbocycles. The minimum Gasteiger partial charge on any atom is -0.458 e. The maximum atomic E-state index is 12.2. The number of piperidine rings is 1. The number of sulfone groups is 1. The largest absolute Gasteiger partial charge is 0.458 e. The highest BCUT2D eigenvalue weighted by atomic mass is 32.2. The first kappa shape index (κ1) is 20.8. The lowest BCUT2D eigenvalue weighted by atomic mass is 9.93. The Labute approximate surface area is 164 Å². The van der Waals surface area contributed by atoms with Gasteiger partial charge in [0.2, 0.25) is 0 Å². The summed E-state index contributed by atoms with van der Waals surface area (Å²) >= 11 is 0. The first-order valence-electron chi connectivity index (χ1n) is 9.19. The Kier molecular flexibility index (Phi) is 6.36. The van der Waals surface area contributed by atoms with Crippen LogP contribution in [0.4, 0.5) is 0 Å². The zero-order valence-electron chi connectivity index (χ0n) is 15.9. The maximum absolute atomic E-state index is 12.2. The number of ether oxygens (including phenoxy) is 3. The van der Waals surface area contributed by atoms with Crippen LogP contribution in [0.5, 0.6) is 0 Å². The van der Waals surface area contributed by atoms with Crippen LogP contribution in [0, 0.1) is 0 Å².